The Morgan fingerprint density at radius 2 is 1.62 bits per heavy atom. The molecule has 0 atom stereocenters. The molecule has 0 unspecified atom stereocenters. The van der Waals surface area contributed by atoms with Crippen LogP contribution in [0.4, 0.5) is 0 Å². The van der Waals surface area contributed by atoms with Crippen LogP contribution in [0.1, 0.15) is 24.8 Å². The van der Waals surface area contributed by atoms with E-state index in [9.17, 15) is 4.79 Å². The maximum absolute atomic E-state index is 12.6. The average molecular weight is 389 g/mol. The SMILES string of the molecule is CN(CC(=O)N1CCCCC1)Cc1cn(-c2ccccc2)nc1-c1ccccc1. The van der Waals surface area contributed by atoms with Gasteiger partial charge in [0.15, 0.2) is 0 Å². The number of carbonyl (C=O) groups excluding carboxylic acids is 1. The molecule has 29 heavy (non-hydrogen) atoms. The van der Waals surface area contributed by atoms with Gasteiger partial charge in [-0.3, -0.25) is 9.69 Å². The van der Waals surface area contributed by atoms with E-state index < -0.39 is 0 Å². The molecular weight excluding hydrogens is 360 g/mol. The minimum absolute atomic E-state index is 0.226. The van der Waals surface area contributed by atoms with Crippen molar-refractivity contribution in [2.45, 2.75) is 25.8 Å². The Morgan fingerprint density at radius 1 is 0.966 bits per heavy atom. The van der Waals surface area contributed by atoms with Crippen LogP contribution in [0, 0.1) is 0 Å². The largest absolute Gasteiger partial charge is 0.342 e. The summed E-state index contributed by atoms with van der Waals surface area (Å²) in [5, 5.41) is 4.87. The molecule has 1 saturated heterocycles. The molecule has 3 aromatic rings. The zero-order valence-electron chi connectivity index (χ0n) is 17.0. The second kappa shape index (κ2) is 9.05. The molecular formula is C24H28N4O. The van der Waals surface area contributed by atoms with Crippen molar-refractivity contribution in [3.05, 3.63) is 72.4 Å². The number of carbonyl (C=O) groups is 1. The highest BCUT2D eigenvalue weighted by atomic mass is 16.2. The Kier molecular flexibility index (Phi) is 6.06. The molecule has 1 aromatic heterocycles. The van der Waals surface area contributed by atoms with Crippen molar-refractivity contribution < 1.29 is 4.79 Å². The van der Waals surface area contributed by atoms with Gasteiger partial charge < -0.3 is 4.90 Å². The summed E-state index contributed by atoms with van der Waals surface area (Å²) in [4.78, 5) is 16.7. The highest BCUT2D eigenvalue weighted by Gasteiger charge is 2.19. The molecule has 0 bridgehead atoms. The molecule has 0 spiro atoms. The molecule has 1 aliphatic rings. The first-order chi connectivity index (χ1) is 14.2. The van der Waals surface area contributed by atoms with Crippen LogP contribution in [-0.4, -0.2) is 52.2 Å². The first kappa shape index (κ1) is 19.4. The molecule has 4 rings (SSSR count). The van der Waals surface area contributed by atoms with Crippen molar-refractivity contribution in [3.8, 4) is 16.9 Å². The van der Waals surface area contributed by atoms with Crippen molar-refractivity contribution in [1.82, 2.24) is 19.6 Å². The molecule has 0 saturated carbocycles. The molecule has 0 aliphatic carbocycles. The van der Waals surface area contributed by atoms with E-state index in [4.69, 9.17) is 5.10 Å². The molecule has 5 heteroatoms. The monoisotopic (exact) mass is 388 g/mol. The van der Waals surface area contributed by atoms with Gasteiger partial charge >= 0.3 is 0 Å². The van der Waals surface area contributed by atoms with E-state index in [1.807, 2.05) is 53.0 Å². The lowest BCUT2D eigenvalue weighted by atomic mass is 10.1. The molecule has 1 amide bonds. The molecule has 2 heterocycles. The zero-order valence-corrected chi connectivity index (χ0v) is 17.0. The van der Waals surface area contributed by atoms with Crippen LogP contribution >= 0.6 is 0 Å². The summed E-state index contributed by atoms with van der Waals surface area (Å²) >= 11 is 0. The van der Waals surface area contributed by atoms with E-state index in [1.54, 1.807) is 0 Å². The van der Waals surface area contributed by atoms with Gasteiger partial charge in [-0.2, -0.15) is 5.10 Å². The maximum Gasteiger partial charge on any atom is 0.236 e. The number of nitrogens with zero attached hydrogens (tertiary/aromatic N) is 4. The van der Waals surface area contributed by atoms with Crippen LogP contribution in [0.2, 0.25) is 0 Å². The number of aromatic nitrogens is 2. The van der Waals surface area contributed by atoms with E-state index in [0.29, 0.717) is 13.1 Å². The van der Waals surface area contributed by atoms with E-state index >= 15 is 0 Å². The highest BCUT2D eigenvalue weighted by molar-refractivity contribution is 5.78. The minimum atomic E-state index is 0.226. The number of likely N-dealkylation sites (tertiary alicyclic amines) is 1. The molecule has 150 valence electrons. The topological polar surface area (TPSA) is 41.4 Å². The van der Waals surface area contributed by atoms with Gasteiger partial charge in [0.1, 0.15) is 0 Å². The number of likely N-dealkylation sites (N-methyl/N-ethyl adjacent to an activating group) is 1. The van der Waals surface area contributed by atoms with Gasteiger partial charge in [0.25, 0.3) is 0 Å². The van der Waals surface area contributed by atoms with Crippen LogP contribution in [0.3, 0.4) is 0 Å². The summed E-state index contributed by atoms with van der Waals surface area (Å²) in [5.41, 5.74) is 4.21. The van der Waals surface area contributed by atoms with Crippen LogP contribution in [0.5, 0.6) is 0 Å². The zero-order chi connectivity index (χ0) is 20.1. The third-order valence-electron chi connectivity index (χ3n) is 5.41. The third kappa shape index (κ3) is 4.74. The summed E-state index contributed by atoms with van der Waals surface area (Å²) in [6, 6.07) is 20.4. The van der Waals surface area contributed by atoms with Crippen molar-refractivity contribution >= 4 is 5.91 Å². The second-order valence-corrected chi connectivity index (χ2v) is 7.76. The lowest BCUT2D eigenvalue weighted by Gasteiger charge is -2.28. The standard InChI is InChI=1S/C24H28N4O/c1-26(19-23(29)27-15-9-4-10-16-27)17-21-18-28(22-13-7-3-8-14-22)25-24(21)20-11-5-2-6-12-20/h2-3,5-8,11-14,18H,4,9-10,15-17,19H2,1H3. The second-order valence-electron chi connectivity index (χ2n) is 7.76. The van der Waals surface area contributed by atoms with Crippen LogP contribution in [-0.2, 0) is 11.3 Å². The molecule has 1 aliphatic heterocycles. The first-order valence-corrected chi connectivity index (χ1v) is 10.4. The molecule has 2 aromatic carbocycles. The highest BCUT2D eigenvalue weighted by Crippen LogP contribution is 2.24. The van der Waals surface area contributed by atoms with Gasteiger partial charge in [-0.1, -0.05) is 48.5 Å². The van der Waals surface area contributed by atoms with Crippen molar-refractivity contribution in [3.63, 3.8) is 0 Å². The predicted molar refractivity (Wildman–Crippen MR) is 116 cm³/mol. The lowest BCUT2D eigenvalue weighted by Crippen LogP contribution is -2.41. The van der Waals surface area contributed by atoms with Gasteiger partial charge in [-0.25, -0.2) is 4.68 Å². The Balaban J connectivity index is 1.55. The van der Waals surface area contributed by atoms with Gasteiger partial charge in [0, 0.05) is 37.0 Å². The molecule has 0 N–H and O–H groups in total. The first-order valence-electron chi connectivity index (χ1n) is 10.4. The summed E-state index contributed by atoms with van der Waals surface area (Å²) in [7, 11) is 2.01. The number of amides is 1. The number of rotatable bonds is 6. The Bertz CT molecular complexity index is 930. The Labute approximate surface area is 172 Å². The Morgan fingerprint density at radius 3 is 2.31 bits per heavy atom. The average Bonchev–Trinajstić information content (AvgIpc) is 3.19. The van der Waals surface area contributed by atoms with Gasteiger partial charge in [0.05, 0.1) is 17.9 Å². The predicted octanol–water partition coefficient (Wildman–Crippen LogP) is 3.98. The summed E-state index contributed by atoms with van der Waals surface area (Å²) in [6.45, 7) is 2.91. The van der Waals surface area contributed by atoms with Crippen LogP contribution in [0.25, 0.3) is 16.9 Å². The van der Waals surface area contributed by atoms with Crippen LogP contribution < -0.4 is 0 Å². The van der Waals surface area contributed by atoms with Crippen LogP contribution in [0.15, 0.2) is 66.9 Å². The fourth-order valence-corrected chi connectivity index (χ4v) is 3.90. The van der Waals surface area contributed by atoms with E-state index in [1.165, 1.54) is 6.42 Å². The van der Waals surface area contributed by atoms with Gasteiger partial charge in [-0.05, 0) is 38.4 Å². The normalized spacial score (nSPS) is 14.3. The van der Waals surface area contributed by atoms with Crippen molar-refractivity contribution in [1.29, 1.82) is 0 Å². The maximum atomic E-state index is 12.6. The van der Waals surface area contributed by atoms with Gasteiger partial charge in [0.2, 0.25) is 5.91 Å². The Hall–Kier alpha value is -2.92. The van der Waals surface area contributed by atoms with E-state index in [-0.39, 0.29) is 5.91 Å². The number of hydrogen-bond donors (Lipinski definition) is 0. The van der Waals surface area contributed by atoms with E-state index in [0.717, 1.165) is 48.4 Å². The molecule has 5 nitrogen and oxygen atoms in total. The summed E-state index contributed by atoms with van der Waals surface area (Å²) in [6.07, 6.45) is 5.56. The van der Waals surface area contributed by atoms with Crippen molar-refractivity contribution in [2.75, 3.05) is 26.7 Å². The minimum Gasteiger partial charge on any atom is -0.342 e. The fourth-order valence-electron chi connectivity index (χ4n) is 3.90. The van der Waals surface area contributed by atoms with E-state index in [2.05, 4.69) is 35.4 Å². The smallest absolute Gasteiger partial charge is 0.236 e. The summed E-state index contributed by atoms with van der Waals surface area (Å²) in [5.74, 6) is 0.226. The molecule has 0 radical (unpaired) electrons. The summed E-state index contributed by atoms with van der Waals surface area (Å²) < 4.78 is 1.93. The number of piperidine rings is 1. The quantitative estimate of drug-likeness (QED) is 0.641. The number of para-hydroxylation sites is 1. The number of benzene rings is 2. The molecule has 1 fully saturated rings. The number of hydrogen-bond acceptors (Lipinski definition) is 3. The van der Waals surface area contributed by atoms with Crippen molar-refractivity contribution in [2.24, 2.45) is 0 Å². The lowest BCUT2D eigenvalue weighted by molar-refractivity contribution is -0.133. The fraction of sp³-hybridized carbons (Fsp3) is 0.333. The van der Waals surface area contributed by atoms with Gasteiger partial charge in [-0.15, -0.1) is 0 Å². The third-order valence-corrected chi connectivity index (χ3v) is 5.41.